The monoisotopic (exact) mass is 297 g/mol. The molecule has 102 valence electrons. The largest absolute Gasteiger partial charge is 0.343 e. The van der Waals surface area contributed by atoms with Crippen molar-refractivity contribution in [3.05, 3.63) is 22.7 Å². The molecule has 1 aliphatic carbocycles. The molecule has 2 heterocycles. The average Bonchev–Trinajstić information content (AvgIpc) is 2.75. The van der Waals surface area contributed by atoms with Gasteiger partial charge in [0.1, 0.15) is 5.52 Å². The van der Waals surface area contributed by atoms with E-state index in [1.54, 1.807) is 0 Å². The highest BCUT2D eigenvalue weighted by Gasteiger charge is 2.20. The molecule has 19 heavy (non-hydrogen) atoms. The van der Waals surface area contributed by atoms with Crippen LogP contribution in [-0.4, -0.2) is 14.5 Å². The molecule has 5 heteroatoms. The highest BCUT2D eigenvalue weighted by atomic mass is 35.5. The number of hydrogen-bond acceptors (Lipinski definition) is 2. The highest BCUT2D eigenvalue weighted by Crippen LogP contribution is 2.31. The van der Waals surface area contributed by atoms with Crippen LogP contribution in [0, 0.1) is 11.8 Å². The molecule has 0 bridgehead atoms. The minimum Gasteiger partial charge on any atom is -0.343 e. The molecule has 3 nitrogen and oxygen atoms in total. The fourth-order valence-corrected chi connectivity index (χ4v) is 3.48. The van der Waals surface area contributed by atoms with Crippen molar-refractivity contribution >= 4 is 34.2 Å². The number of fused-ring (bicyclic) bond motifs is 1. The van der Waals surface area contributed by atoms with Gasteiger partial charge in [0.05, 0.1) is 5.52 Å². The van der Waals surface area contributed by atoms with Gasteiger partial charge in [0, 0.05) is 12.7 Å². The summed E-state index contributed by atoms with van der Waals surface area (Å²) in [4.78, 5) is 8.25. The van der Waals surface area contributed by atoms with Crippen LogP contribution >= 0.6 is 23.2 Å². The second kappa shape index (κ2) is 5.29. The molecule has 1 fully saturated rings. The van der Waals surface area contributed by atoms with Crippen LogP contribution in [0.25, 0.3) is 11.0 Å². The zero-order valence-corrected chi connectivity index (χ0v) is 12.5. The topological polar surface area (TPSA) is 30.7 Å². The molecule has 0 spiro atoms. The predicted molar refractivity (Wildman–Crippen MR) is 78.7 cm³/mol. The zero-order valence-electron chi connectivity index (χ0n) is 10.9. The van der Waals surface area contributed by atoms with Crippen molar-refractivity contribution in [1.82, 2.24) is 14.5 Å². The van der Waals surface area contributed by atoms with Crippen LogP contribution < -0.4 is 0 Å². The van der Waals surface area contributed by atoms with E-state index in [0.717, 1.165) is 29.4 Å². The maximum Gasteiger partial charge on any atom is 0.224 e. The van der Waals surface area contributed by atoms with Crippen molar-refractivity contribution < 1.29 is 0 Å². The van der Waals surface area contributed by atoms with E-state index in [0.29, 0.717) is 5.15 Å². The molecule has 0 atom stereocenters. The summed E-state index contributed by atoms with van der Waals surface area (Å²) >= 11 is 12.0. The first kappa shape index (κ1) is 13.2. The van der Waals surface area contributed by atoms with Crippen LogP contribution in [0.2, 0.25) is 10.4 Å². The van der Waals surface area contributed by atoms with Crippen LogP contribution in [-0.2, 0) is 6.54 Å². The molecule has 0 amide bonds. The quantitative estimate of drug-likeness (QED) is 0.601. The minimum absolute atomic E-state index is 0.210. The zero-order chi connectivity index (χ0) is 13.4. The Kier molecular flexibility index (Phi) is 3.68. The Morgan fingerprint density at radius 2 is 1.95 bits per heavy atom. The fraction of sp³-hybridized carbons (Fsp3) is 0.571. The molecule has 3 rings (SSSR count). The lowest BCUT2D eigenvalue weighted by molar-refractivity contribution is 0.267. The molecule has 0 unspecified atom stereocenters. The molecule has 0 N–H and O–H groups in total. The number of halogens is 2. The van der Waals surface area contributed by atoms with Gasteiger partial charge in [0.15, 0.2) is 5.15 Å². The third kappa shape index (κ3) is 2.72. The van der Waals surface area contributed by atoms with Crippen LogP contribution in [0.3, 0.4) is 0 Å². The van der Waals surface area contributed by atoms with Gasteiger partial charge >= 0.3 is 0 Å². The number of nitrogens with zero attached hydrogens (tertiary/aromatic N) is 3. The maximum absolute atomic E-state index is 6.19. The van der Waals surface area contributed by atoms with Gasteiger partial charge in [-0.15, -0.1) is 0 Å². The van der Waals surface area contributed by atoms with Gasteiger partial charge in [-0.05, 0) is 42.3 Å². The van der Waals surface area contributed by atoms with E-state index in [4.69, 9.17) is 23.2 Å². The fourth-order valence-electron chi connectivity index (χ4n) is 2.98. The summed E-state index contributed by atoms with van der Waals surface area (Å²) in [7, 11) is 0. The average molecular weight is 298 g/mol. The van der Waals surface area contributed by atoms with Crippen molar-refractivity contribution in [1.29, 1.82) is 0 Å². The number of hydrogen-bond donors (Lipinski definition) is 0. The smallest absolute Gasteiger partial charge is 0.224 e. The van der Waals surface area contributed by atoms with Gasteiger partial charge < -0.3 is 4.57 Å². The Balaban J connectivity index is 1.85. The number of aromatic nitrogens is 3. The van der Waals surface area contributed by atoms with Gasteiger partial charge in [-0.3, -0.25) is 0 Å². The Morgan fingerprint density at radius 3 is 2.68 bits per heavy atom. The minimum atomic E-state index is 0.210. The predicted octanol–water partition coefficient (Wildman–Crippen LogP) is 4.56. The molecule has 0 aromatic carbocycles. The van der Waals surface area contributed by atoms with Gasteiger partial charge in [0.25, 0.3) is 0 Å². The normalized spacial score (nSPS) is 23.9. The van der Waals surface area contributed by atoms with Gasteiger partial charge in [-0.2, -0.15) is 0 Å². The summed E-state index contributed by atoms with van der Waals surface area (Å²) in [6, 6.07) is 1.96. The van der Waals surface area contributed by atoms with E-state index in [2.05, 4.69) is 21.5 Å². The summed E-state index contributed by atoms with van der Waals surface area (Å²) < 4.78 is 2.18. The molecule has 0 radical (unpaired) electrons. The molecule has 2 aromatic heterocycles. The third-order valence-corrected chi connectivity index (χ3v) is 4.56. The van der Waals surface area contributed by atoms with Crippen molar-refractivity contribution in [3.63, 3.8) is 0 Å². The Labute approximate surface area is 122 Å². The molecular weight excluding hydrogens is 281 g/mol. The summed E-state index contributed by atoms with van der Waals surface area (Å²) in [5, 5.41) is 0.658. The standard InChI is InChI=1S/C14H17Cl2N3/c1-9-2-4-10(5-3-9)8-19-7-6-11-12(19)13(15)18-14(16)17-11/h6-7,9-10H,2-5,8H2,1H3. The molecule has 1 aliphatic rings. The van der Waals surface area contributed by atoms with E-state index >= 15 is 0 Å². The van der Waals surface area contributed by atoms with Crippen LogP contribution in [0.4, 0.5) is 0 Å². The SMILES string of the molecule is CC1CCC(Cn2ccc3nc(Cl)nc(Cl)c32)CC1. The van der Waals surface area contributed by atoms with Gasteiger partial charge in [-0.25, -0.2) is 9.97 Å². The Bertz CT molecular complexity index is 586. The van der Waals surface area contributed by atoms with E-state index in [-0.39, 0.29) is 5.28 Å². The lowest BCUT2D eigenvalue weighted by Gasteiger charge is -2.26. The second-order valence-electron chi connectivity index (χ2n) is 5.61. The van der Waals surface area contributed by atoms with Gasteiger partial charge in [-0.1, -0.05) is 31.4 Å². The third-order valence-electron chi connectivity index (χ3n) is 4.13. The van der Waals surface area contributed by atoms with Crippen LogP contribution in [0.15, 0.2) is 12.3 Å². The van der Waals surface area contributed by atoms with Crippen LogP contribution in [0.1, 0.15) is 32.6 Å². The van der Waals surface area contributed by atoms with Gasteiger partial charge in [0.2, 0.25) is 5.28 Å². The van der Waals surface area contributed by atoms with Crippen molar-refractivity contribution in [2.75, 3.05) is 0 Å². The van der Waals surface area contributed by atoms with Crippen molar-refractivity contribution in [3.8, 4) is 0 Å². The van der Waals surface area contributed by atoms with Crippen molar-refractivity contribution in [2.45, 2.75) is 39.2 Å². The van der Waals surface area contributed by atoms with E-state index < -0.39 is 0 Å². The summed E-state index contributed by atoms with van der Waals surface area (Å²) in [5.74, 6) is 1.61. The molecular formula is C14H17Cl2N3. The van der Waals surface area contributed by atoms with E-state index in [1.807, 2.05) is 12.3 Å². The first-order valence-corrected chi connectivity index (χ1v) is 7.57. The summed E-state index contributed by atoms with van der Waals surface area (Å²) in [6.07, 6.45) is 7.30. The summed E-state index contributed by atoms with van der Waals surface area (Å²) in [5.41, 5.74) is 1.74. The first-order chi connectivity index (χ1) is 9.13. The van der Waals surface area contributed by atoms with E-state index in [1.165, 1.54) is 25.7 Å². The summed E-state index contributed by atoms with van der Waals surface area (Å²) in [6.45, 7) is 3.34. The number of rotatable bonds is 2. The first-order valence-electron chi connectivity index (χ1n) is 6.81. The molecule has 0 saturated heterocycles. The lowest BCUT2D eigenvalue weighted by atomic mass is 9.83. The second-order valence-corrected chi connectivity index (χ2v) is 6.31. The van der Waals surface area contributed by atoms with Crippen LogP contribution in [0.5, 0.6) is 0 Å². The van der Waals surface area contributed by atoms with E-state index in [9.17, 15) is 0 Å². The highest BCUT2D eigenvalue weighted by molar-refractivity contribution is 6.35. The molecule has 1 saturated carbocycles. The molecule has 0 aliphatic heterocycles. The lowest BCUT2D eigenvalue weighted by Crippen LogP contribution is -2.17. The Morgan fingerprint density at radius 1 is 1.21 bits per heavy atom. The molecule has 2 aromatic rings. The van der Waals surface area contributed by atoms with Crippen molar-refractivity contribution in [2.24, 2.45) is 11.8 Å². The Hall–Kier alpha value is -0.800. The maximum atomic E-state index is 6.19.